The number of pyridine rings is 1. The van der Waals surface area contributed by atoms with Crippen LogP contribution in [0.2, 0.25) is 0 Å². The number of aromatic amines is 1. The van der Waals surface area contributed by atoms with E-state index in [0.717, 1.165) is 65.3 Å². The number of carbonyl (C=O) groups excluding carboxylic acids is 1. The maximum atomic E-state index is 12.4. The smallest absolute Gasteiger partial charge is 0.330 e. The molecule has 4 heterocycles. The molecule has 1 amide bonds. The number of nitrogens with zero attached hydrogens (tertiary/aromatic N) is 4. The van der Waals surface area contributed by atoms with E-state index in [1.807, 2.05) is 49.8 Å². The van der Waals surface area contributed by atoms with Crippen LogP contribution < -0.4 is 15.9 Å². The van der Waals surface area contributed by atoms with Gasteiger partial charge in [0.1, 0.15) is 5.52 Å². The standard InChI is InChI=1S/C25H28N6O2S/c1-16-10-21-23-19(28-25(33)31(21)14-16)11-17(13-27-23)15-29-6-8-30(9-7-29)20-5-4-18(24(32)26-2)12-22(20)34-3/h4-5,10-14H,6-9,15H2,1-3H3,(H,26,32)(H,28,33). The van der Waals surface area contributed by atoms with E-state index in [2.05, 4.69) is 31.2 Å². The molecule has 1 fully saturated rings. The van der Waals surface area contributed by atoms with Crippen LogP contribution in [0.5, 0.6) is 0 Å². The first-order chi connectivity index (χ1) is 16.5. The fourth-order valence-corrected chi connectivity index (χ4v) is 5.30. The highest BCUT2D eigenvalue weighted by Gasteiger charge is 2.20. The number of hydrogen-bond donors (Lipinski definition) is 2. The van der Waals surface area contributed by atoms with Gasteiger partial charge in [-0.1, -0.05) is 0 Å². The third-order valence-electron chi connectivity index (χ3n) is 6.39. The number of benzene rings is 1. The lowest BCUT2D eigenvalue weighted by Gasteiger charge is -2.37. The van der Waals surface area contributed by atoms with Crippen molar-refractivity contribution >= 4 is 39.9 Å². The topological polar surface area (TPSA) is 85.7 Å². The Hall–Kier alpha value is -3.30. The second kappa shape index (κ2) is 9.15. The number of fused-ring (bicyclic) bond motifs is 3. The summed E-state index contributed by atoms with van der Waals surface area (Å²) in [5.74, 6) is -0.0650. The Morgan fingerprint density at radius 3 is 2.71 bits per heavy atom. The molecule has 5 rings (SSSR count). The van der Waals surface area contributed by atoms with Crippen LogP contribution >= 0.6 is 11.8 Å². The fourth-order valence-electron chi connectivity index (χ4n) is 4.64. The van der Waals surface area contributed by atoms with Gasteiger partial charge in [0.25, 0.3) is 5.91 Å². The van der Waals surface area contributed by atoms with E-state index in [9.17, 15) is 9.59 Å². The molecule has 0 spiro atoms. The van der Waals surface area contributed by atoms with Crippen molar-refractivity contribution in [1.82, 2.24) is 24.6 Å². The SMILES string of the molecule is CNC(=O)c1ccc(N2CCN(Cc3cnc4c(c3)[nH]c(=O)n3cc(C)cc43)CC2)c(SC)c1. The molecule has 1 aromatic carbocycles. The molecular formula is C25H28N6O2S. The van der Waals surface area contributed by atoms with E-state index >= 15 is 0 Å². The van der Waals surface area contributed by atoms with Crippen molar-refractivity contribution in [3.05, 3.63) is 69.9 Å². The summed E-state index contributed by atoms with van der Waals surface area (Å²) in [5, 5.41) is 2.69. The molecule has 0 atom stereocenters. The number of rotatable bonds is 5. The normalized spacial score (nSPS) is 14.7. The first-order valence-corrected chi connectivity index (χ1v) is 12.6. The van der Waals surface area contributed by atoms with Gasteiger partial charge in [0, 0.05) is 62.6 Å². The monoisotopic (exact) mass is 476 g/mol. The van der Waals surface area contributed by atoms with Crippen molar-refractivity contribution in [2.45, 2.75) is 18.4 Å². The van der Waals surface area contributed by atoms with Crippen LogP contribution in [-0.2, 0) is 6.54 Å². The fraction of sp³-hybridized carbons (Fsp3) is 0.320. The number of H-pyrrole nitrogens is 1. The molecule has 2 N–H and O–H groups in total. The molecule has 0 unspecified atom stereocenters. The maximum absolute atomic E-state index is 12.4. The first-order valence-electron chi connectivity index (χ1n) is 11.3. The summed E-state index contributed by atoms with van der Waals surface area (Å²) in [5.41, 5.74) is 6.26. The highest BCUT2D eigenvalue weighted by Crippen LogP contribution is 2.31. The number of nitrogens with one attached hydrogen (secondary N) is 2. The van der Waals surface area contributed by atoms with Crippen LogP contribution in [0.4, 0.5) is 5.69 Å². The largest absolute Gasteiger partial charge is 0.368 e. The van der Waals surface area contributed by atoms with E-state index in [0.29, 0.717) is 5.56 Å². The average Bonchev–Trinajstić information content (AvgIpc) is 3.26. The van der Waals surface area contributed by atoms with E-state index in [-0.39, 0.29) is 11.6 Å². The quantitative estimate of drug-likeness (QED) is 0.431. The molecule has 3 aromatic heterocycles. The predicted molar refractivity (Wildman–Crippen MR) is 137 cm³/mol. The molecule has 0 bridgehead atoms. The van der Waals surface area contributed by atoms with Gasteiger partial charge in [-0.15, -0.1) is 11.8 Å². The molecule has 1 saturated heterocycles. The van der Waals surface area contributed by atoms with Crippen LogP contribution in [-0.4, -0.2) is 64.7 Å². The first kappa shape index (κ1) is 22.5. The van der Waals surface area contributed by atoms with Crippen LogP contribution in [0, 0.1) is 6.92 Å². The lowest BCUT2D eigenvalue weighted by atomic mass is 10.1. The summed E-state index contributed by atoms with van der Waals surface area (Å²) in [6, 6.07) is 9.95. The lowest BCUT2D eigenvalue weighted by molar-refractivity contribution is 0.0963. The number of amides is 1. The van der Waals surface area contributed by atoms with Crippen molar-refractivity contribution in [3.8, 4) is 0 Å². The number of aromatic nitrogens is 3. The summed E-state index contributed by atoms with van der Waals surface area (Å²) in [6.45, 7) is 6.44. The average molecular weight is 477 g/mol. The Kier molecular flexibility index (Phi) is 6.05. The van der Waals surface area contributed by atoms with Gasteiger partial charge in [-0.25, -0.2) is 4.79 Å². The van der Waals surface area contributed by atoms with E-state index in [1.165, 1.54) is 5.69 Å². The Labute approximate surface area is 202 Å². The van der Waals surface area contributed by atoms with Gasteiger partial charge in [-0.05, 0) is 54.6 Å². The Bertz CT molecular complexity index is 1430. The predicted octanol–water partition coefficient (Wildman–Crippen LogP) is 2.89. The highest BCUT2D eigenvalue weighted by molar-refractivity contribution is 7.98. The van der Waals surface area contributed by atoms with Crippen LogP contribution in [0.25, 0.3) is 16.6 Å². The third kappa shape index (κ3) is 4.17. The Morgan fingerprint density at radius 1 is 1.18 bits per heavy atom. The maximum Gasteiger partial charge on any atom is 0.330 e. The van der Waals surface area contributed by atoms with Crippen molar-refractivity contribution in [3.63, 3.8) is 0 Å². The second-order valence-corrected chi connectivity index (χ2v) is 9.52. The summed E-state index contributed by atoms with van der Waals surface area (Å²) < 4.78 is 1.62. The molecule has 176 valence electrons. The number of thioether (sulfide) groups is 1. The van der Waals surface area contributed by atoms with Crippen LogP contribution in [0.1, 0.15) is 21.5 Å². The van der Waals surface area contributed by atoms with Gasteiger partial charge in [-0.3, -0.25) is 19.1 Å². The Balaban J connectivity index is 1.30. The molecule has 34 heavy (non-hydrogen) atoms. The molecular weight excluding hydrogens is 448 g/mol. The molecule has 8 nitrogen and oxygen atoms in total. The number of anilines is 1. The van der Waals surface area contributed by atoms with E-state index in [1.54, 1.807) is 23.2 Å². The number of aryl methyl sites for hydroxylation is 1. The van der Waals surface area contributed by atoms with Crippen molar-refractivity contribution in [2.75, 3.05) is 44.4 Å². The van der Waals surface area contributed by atoms with Gasteiger partial charge in [0.15, 0.2) is 0 Å². The zero-order chi connectivity index (χ0) is 23.8. The molecule has 0 saturated carbocycles. The number of piperazine rings is 1. The van der Waals surface area contributed by atoms with Crippen LogP contribution in [0.15, 0.2) is 52.4 Å². The number of carbonyl (C=O) groups is 1. The Morgan fingerprint density at radius 2 is 1.97 bits per heavy atom. The van der Waals surface area contributed by atoms with Gasteiger partial charge in [-0.2, -0.15) is 0 Å². The minimum atomic E-state index is -0.143. The van der Waals surface area contributed by atoms with Crippen LogP contribution in [0.3, 0.4) is 0 Å². The highest BCUT2D eigenvalue weighted by atomic mass is 32.2. The molecule has 1 aliphatic rings. The van der Waals surface area contributed by atoms with Crippen molar-refractivity contribution < 1.29 is 4.79 Å². The van der Waals surface area contributed by atoms with Gasteiger partial charge < -0.3 is 15.2 Å². The molecule has 0 radical (unpaired) electrons. The number of hydrogen-bond acceptors (Lipinski definition) is 6. The lowest BCUT2D eigenvalue weighted by Crippen LogP contribution is -2.46. The zero-order valence-corrected chi connectivity index (χ0v) is 20.4. The van der Waals surface area contributed by atoms with Gasteiger partial charge in [0.05, 0.1) is 16.7 Å². The van der Waals surface area contributed by atoms with E-state index < -0.39 is 0 Å². The summed E-state index contributed by atoms with van der Waals surface area (Å²) in [7, 11) is 1.65. The molecule has 0 aliphatic carbocycles. The van der Waals surface area contributed by atoms with Gasteiger partial charge in [0.2, 0.25) is 0 Å². The molecule has 4 aromatic rings. The second-order valence-electron chi connectivity index (χ2n) is 8.67. The third-order valence-corrected chi connectivity index (χ3v) is 7.16. The zero-order valence-electron chi connectivity index (χ0n) is 19.6. The minimum absolute atomic E-state index is 0.0650. The van der Waals surface area contributed by atoms with Crippen molar-refractivity contribution in [2.24, 2.45) is 0 Å². The summed E-state index contributed by atoms with van der Waals surface area (Å²) in [4.78, 5) is 38.0. The molecule has 1 aliphatic heterocycles. The summed E-state index contributed by atoms with van der Waals surface area (Å²) >= 11 is 1.66. The molecule has 9 heteroatoms. The summed E-state index contributed by atoms with van der Waals surface area (Å²) in [6.07, 6.45) is 5.79. The van der Waals surface area contributed by atoms with E-state index in [4.69, 9.17) is 0 Å². The van der Waals surface area contributed by atoms with Crippen molar-refractivity contribution in [1.29, 1.82) is 0 Å². The minimum Gasteiger partial charge on any atom is -0.368 e. The van der Waals surface area contributed by atoms with Gasteiger partial charge >= 0.3 is 5.69 Å².